The minimum absolute atomic E-state index is 0.128. The highest BCUT2D eigenvalue weighted by Crippen LogP contribution is 2.52. The first kappa shape index (κ1) is 27.9. The average Bonchev–Trinajstić information content (AvgIpc) is 3.62. The first-order chi connectivity index (χ1) is 24.0. The van der Waals surface area contributed by atoms with Gasteiger partial charge in [0.2, 0.25) is 0 Å². The molecule has 0 N–H and O–H groups in total. The number of para-hydroxylation sites is 2. The Morgan fingerprint density at radius 2 is 1.10 bits per heavy atom. The topological polar surface area (TPSA) is 16.4 Å². The molecule has 0 amide bonds. The zero-order valence-corrected chi connectivity index (χ0v) is 27.4. The Bertz CT molecular complexity index is 2770. The van der Waals surface area contributed by atoms with E-state index in [0.717, 1.165) is 44.6 Å². The van der Waals surface area contributed by atoms with Crippen LogP contribution in [0.3, 0.4) is 0 Å². The summed E-state index contributed by atoms with van der Waals surface area (Å²) < 4.78 is 6.86. The van der Waals surface area contributed by atoms with Gasteiger partial charge in [0.15, 0.2) is 5.58 Å². The van der Waals surface area contributed by atoms with E-state index in [1.807, 2.05) is 0 Å². The molecule has 8 aromatic carbocycles. The van der Waals surface area contributed by atoms with Crippen molar-refractivity contribution < 1.29 is 4.42 Å². The van der Waals surface area contributed by atoms with Crippen LogP contribution >= 0.6 is 0 Å². The summed E-state index contributed by atoms with van der Waals surface area (Å²) in [5.41, 5.74) is 12.5. The van der Waals surface area contributed by atoms with Crippen molar-refractivity contribution in [2.24, 2.45) is 0 Å². The average molecular weight is 628 g/mol. The van der Waals surface area contributed by atoms with Crippen LogP contribution in [0.15, 0.2) is 168 Å². The van der Waals surface area contributed by atoms with E-state index in [9.17, 15) is 0 Å². The number of furan rings is 1. The van der Waals surface area contributed by atoms with Crippen molar-refractivity contribution in [2.45, 2.75) is 19.3 Å². The quantitative estimate of drug-likeness (QED) is 0.193. The molecule has 0 atom stereocenters. The summed E-state index contributed by atoms with van der Waals surface area (Å²) in [7, 11) is 0. The van der Waals surface area contributed by atoms with Crippen LogP contribution < -0.4 is 4.90 Å². The van der Waals surface area contributed by atoms with E-state index in [4.69, 9.17) is 4.42 Å². The Morgan fingerprint density at radius 1 is 0.449 bits per heavy atom. The maximum Gasteiger partial charge on any atom is 0.159 e. The van der Waals surface area contributed by atoms with Crippen molar-refractivity contribution in [2.75, 3.05) is 4.90 Å². The fourth-order valence-corrected chi connectivity index (χ4v) is 8.15. The van der Waals surface area contributed by atoms with Gasteiger partial charge < -0.3 is 9.32 Å². The minimum Gasteiger partial charge on any atom is -0.454 e. The van der Waals surface area contributed by atoms with E-state index in [1.165, 1.54) is 49.4 Å². The molecule has 0 saturated carbocycles. The summed E-state index contributed by atoms with van der Waals surface area (Å²) in [6, 6.07) is 59.5. The van der Waals surface area contributed by atoms with Gasteiger partial charge in [-0.1, -0.05) is 135 Å². The molecule has 2 nitrogen and oxygen atoms in total. The lowest BCUT2D eigenvalue weighted by Gasteiger charge is -2.29. The zero-order valence-electron chi connectivity index (χ0n) is 27.4. The van der Waals surface area contributed by atoms with E-state index >= 15 is 0 Å². The van der Waals surface area contributed by atoms with Gasteiger partial charge in [0.1, 0.15) is 5.58 Å². The third kappa shape index (κ3) is 4.20. The Hall–Kier alpha value is -6.12. The third-order valence-corrected chi connectivity index (χ3v) is 10.6. The monoisotopic (exact) mass is 627 g/mol. The van der Waals surface area contributed by atoms with Crippen molar-refractivity contribution in [3.63, 3.8) is 0 Å². The summed E-state index contributed by atoms with van der Waals surface area (Å²) >= 11 is 0. The van der Waals surface area contributed by atoms with Crippen molar-refractivity contribution in [3.8, 4) is 22.3 Å². The fourth-order valence-electron chi connectivity index (χ4n) is 8.15. The van der Waals surface area contributed by atoms with Gasteiger partial charge in [-0.15, -0.1) is 0 Å². The van der Waals surface area contributed by atoms with Crippen LogP contribution in [-0.4, -0.2) is 0 Å². The largest absolute Gasteiger partial charge is 0.454 e. The van der Waals surface area contributed by atoms with E-state index in [1.54, 1.807) is 0 Å². The molecule has 0 saturated heterocycles. The highest BCUT2D eigenvalue weighted by molar-refractivity contribution is 6.14. The first-order valence-electron chi connectivity index (χ1n) is 17.0. The molecular weight excluding hydrogens is 595 g/mol. The predicted molar refractivity (Wildman–Crippen MR) is 206 cm³/mol. The Morgan fingerprint density at radius 3 is 1.94 bits per heavy atom. The number of fused-ring (bicyclic) bond motifs is 8. The molecule has 0 aliphatic heterocycles. The van der Waals surface area contributed by atoms with Crippen molar-refractivity contribution in [1.82, 2.24) is 0 Å². The van der Waals surface area contributed by atoms with Gasteiger partial charge in [-0.3, -0.25) is 0 Å². The SMILES string of the molecule is CC1(C)c2ccccc2-c2ccc(N(c3ccccc3-c3ccc4ccccc4c3)c3cccc4c3oc3cc5ccccc5cc34)cc21. The molecule has 0 fully saturated rings. The molecule has 0 bridgehead atoms. The number of benzene rings is 8. The molecule has 1 aliphatic rings. The molecular formula is C47H33NO. The summed E-state index contributed by atoms with van der Waals surface area (Å²) in [6.45, 7) is 4.69. The third-order valence-electron chi connectivity index (χ3n) is 10.6. The Kier molecular flexibility index (Phi) is 5.95. The fraction of sp³-hybridized carbons (Fsp3) is 0.0638. The summed E-state index contributed by atoms with van der Waals surface area (Å²) in [6.07, 6.45) is 0. The Balaban J connectivity index is 1.25. The molecule has 49 heavy (non-hydrogen) atoms. The molecule has 232 valence electrons. The van der Waals surface area contributed by atoms with Crippen molar-refractivity contribution in [1.29, 1.82) is 0 Å². The van der Waals surface area contributed by atoms with Crippen LogP contribution in [0.4, 0.5) is 17.1 Å². The molecule has 10 rings (SSSR count). The number of nitrogens with zero attached hydrogens (tertiary/aromatic N) is 1. The van der Waals surface area contributed by atoms with Crippen LogP contribution in [0.2, 0.25) is 0 Å². The number of hydrogen-bond donors (Lipinski definition) is 0. The number of anilines is 3. The molecule has 1 aromatic heterocycles. The molecule has 0 unspecified atom stereocenters. The normalized spacial score (nSPS) is 13.3. The summed E-state index contributed by atoms with van der Waals surface area (Å²) in [4.78, 5) is 2.41. The van der Waals surface area contributed by atoms with Crippen LogP contribution in [-0.2, 0) is 5.41 Å². The number of rotatable bonds is 4. The van der Waals surface area contributed by atoms with E-state index in [2.05, 4.69) is 183 Å². The van der Waals surface area contributed by atoms with Crippen LogP contribution in [0, 0.1) is 0 Å². The zero-order chi connectivity index (χ0) is 32.7. The van der Waals surface area contributed by atoms with Crippen LogP contribution in [0.5, 0.6) is 0 Å². The smallest absolute Gasteiger partial charge is 0.159 e. The van der Waals surface area contributed by atoms with Gasteiger partial charge in [0, 0.05) is 27.4 Å². The van der Waals surface area contributed by atoms with Crippen LogP contribution in [0.25, 0.3) is 65.7 Å². The summed E-state index contributed by atoms with van der Waals surface area (Å²) in [5.74, 6) is 0. The van der Waals surface area contributed by atoms with Gasteiger partial charge in [-0.05, 0) is 91.8 Å². The maximum atomic E-state index is 6.86. The van der Waals surface area contributed by atoms with Gasteiger partial charge in [0.25, 0.3) is 0 Å². The Labute approximate surface area is 285 Å². The highest BCUT2D eigenvalue weighted by Gasteiger charge is 2.36. The van der Waals surface area contributed by atoms with E-state index in [0.29, 0.717) is 0 Å². The van der Waals surface area contributed by atoms with Crippen molar-refractivity contribution >= 4 is 60.5 Å². The second-order valence-corrected chi connectivity index (χ2v) is 13.8. The highest BCUT2D eigenvalue weighted by atomic mass is 16.3. The molecule has 2 heteroatoms. The van der Waals surface area contributed by atoms with Gasteiger partial charge >= 0.3 is 0 Å². The lowest BCUT2D eigenvalue weighted by Crippen LogP contribution is -2.17. The standard InChI is InChI=1S/C47H33NO/c1-47(2)41-19-9-7-17-37(41)38-25-24-35(29-42(38)47)48(43-20-10-8-16-36(43)34-23-22-30-12-3-4-13-31(30)26-34)44-21-11-18-39-40-27-32-14-5-6-15-33(32)28-45(40)49-46(39)44/h3-29H,1-2H3. The molecule has 0 spiro atoms. The molecule has 1 heterocycles. The van der Waals surface area contributed by atoms with Gasteiger partial charge in [-0.2, -0.15) is 0 Å². The second-order valence-electron chi connectivity index (χ2n) is 13.8. The predicted octanol–water partition coefficient (Wildman–Crippen LogP) is 13.3. The van der Waals surface area contributed by atoms with E-state index < -0.39 is 0 Å². The lowest BCUT2D eigenvalue weighted by molar-refractivity contribution is 0.660. The number of hydrogen-bond acceptors (Lipinski definition) is 2. The molecule has 9 aromatic rings. The van der Waals surface area contributed by atoms with E-state index in [-0.39, 0.29) is 5.41 Å². The van der Waals surface area contributed by atoms with Gasteiger partial charge in [-0.25, -0.2) is 0 Å². The first-order valence-corrected chi connectivity index (χ1v) is 17.0. The second kappa shape index (κ2) is 10.4. The van der Waals surface area contributed by atoms with Crippen LogP contribution in [0.1, 0.15) is 25.0 Å². The summed E-state index contributed by atoms with van der Waals surface area (Å²) in [5, 5.41) is 7.09. The molecule has 1 aliphatic carbocycles. The maximum absolute atomic E-state index is 6.86. The molecule has 0 radical (unpaired) electrons. The minimum atomic E-state index is -0.128. The van der Waals surface area contributed by atoms with Crippen molar-refractivity contribution in [3.05, 3.63) is 175 Å². The van der Waals surface area contributed by atoms with Gasteiger partial charge in [0.05, 0.1) is 11.4 Å². The lowest BCUT2D eigenvalue weighted by atomic mass is 9.82.